The first kappa shape index (κ1) is 26.4. The van der Waals surface area contributed by atoms with Crippen molar-refractivity contribution in [3.05, 3.63) is 66.2 Å². The lowest BCUT2D eigenvalue weighted by Crippen LogP contribution is -2.62. The quantitative estimate of drug-likeness (QED) is 0.290. The highest BCUT2D eigenvalue weighted by molar-refractivity contribution is 5.85. The number of nitrogens with zero attached hydrogens (tertiary/aromatic N) is 6. The Balaban J connectivity index is 0.925. The first-order valence-corrected chi connectivity index (χ1v) is 15.3. The van der Waals surface area contributed by atoms with Gasteiger partial charge in [-0.2, -0.15) is 10.4 Å². The molecule has 10 heteroatoms. The standard InChI is InChI=1S/C33H35N7O3/c1-41-32-5-2-20(13-36-32)16-39-24-8-23(9-25(39)10-24)38-31-4-3-21(14-35-31)28-11-26(17-40-33(28)22(12-34)15-37-40)43-7-6-27-29-18-42-19-30(27)29/h2-5,11,13-15,17,23-25,27,29-30H,6-10,16,18-19H2,1H3,(H,35,38). The second-order valence-corrected chi connectivity index (χ2v) is 12.4. The molecule has 5 aliphatic rings. The third kappa shape index (κ3) is 4.96. The summed E-state index contributed by atoms with van der Waals surface area (Å²) in [6, 6.07) is 14.0. The third-order valence-corrected chi connectivity index (χ3v) is 9.95. The lowest BCUT2D eigenvalue weighted by atomic mass is 9.76. The number of nitrogens with one attached hydrogen (secondary N) is 1. The molecule has 2 aliphatic carbocycles. The van der Waals surface area contributed by atoms with Crippen LogP contribution >= 0.6 is 0 Å². The van der Waals surface area contributed by atoms with Crippen LogP contribution in [0.2, 0.25) is 0 Å². The fraction of sp³-hybridized carbons (Fsp3) is 0.455. The molecule has 3 saturated heterocycles. The minimum Gasteiger partial charge on any atom is -0.492 e. The number of aromatic nitrogens is 4. The number of pyridine rings is 3. The van der Waals surface area contributed by atoms with E-state index in [1.165, 1.54) is 12.0 Å². The van der Waals surface area contributed by atoms with Gasteiger partial charge in [0.05, 0.1) is 50.4 Å². The Morgan fingerprint density at radius 2 is 1.91 bits per heavy atom. The van der Waals surface area contributed by atoms with Crippen LogP contribution in [0.15, 0.2) is 55.1 Å². The second-order valence-electron chi connectivity index (χ2n) is 12.4. The van der Waals surface area contributed by atoms with E-state index in [0.717, 1.165) is 85.0 Å². The van der Waals surface area contributed by atoms with E-state index in [-0.39, 0.29) is 0 Å². The molecule has 1 N–H and O–H groups in total. The van der Waals surface area contributed by atoms with Crippen molar-refractivity contribution in [2.45, 2.75) is 50.4 Å². The van der Waals surface area contributed by atoms with Crippen molar-refractivity contribution < 1.29 is 14.2 Å². The van der Waals surface area contributed by atoms with Gasteiger partial charge in [0, 0.05) is 54.3 Å². The van der Waals surface area contributed by atoms with Crippen molar-refractivity contribution in [3.63, 3.8) is 0 Å². The highest BCUT2D eigenvalue weighted by Crippen LogP contribution is 2.52. The van der Waals surface area contributed by atoms with Gasteiger partial charge in [0.15, 0.2) is 0 Å². The minimum atomic E-state index is 0.397. The molecule has 7 heterocycles. The van der Waals surface area contributed by atoms with Crippen LogP contribution in [0.3, 0.4) is 0 Å². The third-order valence-electron chi connectivity index (χ3n) is 9.95. The fourth-order valence-electron chi connectivity index (χ4n) is 7.60. The Kier molecular flexibility index (Phi) is 6.65. The van der Waals surface area contributed by atoms with Crippen LogP contribution < -0.4 is 14.8 Å². The fourth-order valence-corrected chi connectivity index (χ4v) is 7.60. The van der Waals surface area contributed by atoms with Crippen molar-refractivity contribution >= 4 is 11.3 Å². The van der Waals surface area contributed by atoms with Gasteiger partial charge in [-0.3, -0.25) is 4.90 Å². The first-order valence-electron chi connectivity index (χ1n) is 15.3. The molecule has 0 amide bonds. The summed E-state index contributed by atoms with van der Waals surface area (Å²) in [7, 11) is 1.64. The molecule has 2 bridgehead atoms. The number of anilines is 1. The number of fused-ring (bicyclic) bond motifs is 4. The van der Waals surface area contributed by atoms with Gasteiger partial charge in [-0.15, -0.1) is 0 Å². The van der Waals surface area contributed by atoms with Crippen molar-refractivity contribution in [3.8, 4) is 28.8 Å². The van der Waals surface area contributed by atoms with Gasteiger partial charge in [-0.1, -0.05) is 6.07 Å². The minimum absolute atomic E-state index is 0.397. The SMILES string of the molecule is COc1ccc(CN2C3CC(Nc4ccc(-c5cc(OCCC6C7COCC67)cn6ncc(C#N)c56)cn4)CC2C3)cn1. The van der Waals surface area contributed by atoms with E-state index in [1.54, 1.807) is 17.8 Å². The van der Waals surface area contributed by atoms with Crippen molar-refractivity contribution in [1.29, 1.82) is 5.26 Å². The van der Waals surface area contributed by atoms with Gasteiger partial charge in [-0.05, 0) is 67.2 Å². The molecule has 0 spiro atoms. The largest absolute Gasteiger partial charge is 0.492 e. The molecule has 9 rings (SSSR count). The summed E-state index contributed by atoms with van der Waals surface area (Å²) in [6.45, 7) is 3.39. The number of hydrogen-bond acceptors (Lipinski definition) is 9. The molecule has 4 unspecified atom stereocenters. The summed E-state index contributed by atoms with van der Waals surface area (Å²) in [6.07, 6.45) is 11.8. The second kappa shape index (κ2) is 10.8. The van der Waals surface area contributed by atoms with Crippen LogP contribution in [-0.2, 0) is 11.3 Å². The maximum Gasteiger partial charge on any atom is 0.212 e. The highest BCUT2D eigenvalue weighted by atomic mass is 16.5. The van der Waals surface area contributed by atoms with E-state index in [2.05, 4.69) is 38.5 Å². The molecular weight excluding hydrogens is 542 g/mol. The van der Waals surface area contributed by atoms with Gasteiger partial charge in [0.25, 0.3) is 0 Å². The molecule has 10 nitrogen and oxygen atoms in total. The molecule has 2 saturated carbocycles. The molecular formula is C33H35N7O3. The number of rotatable bonds is 10. The summed E-state index contributed by atoms with van der Waals surface area (Å²) in [5.41, 5.74) is 4.35. The lowest BCUT2D eigenvalue weighted by molar-refractivity contribution is -0.0392. The summed E-state index contributed by atoms with van der Waals surface area (Å²) >= 11 is 0. The molecule has 5 fully saturated rings. The number of ether oxygens (including phenoxy) is 3. The number of methoxy groups -OCH3 is 1. The van der Waals surface area contributed by atoms with Gasteiger partial charge in [-0.25, -0.2) is 14.5 Å². The van der Waals surface area contributed by atoms with Crippen LogP contribution in [0.1, 0.15) is 36.8 Å². The van der Waals surface area contributed by atoms with Gasteiger partial charge < -0.3 is 19.5 Å². The molecule has 4 aromatic rings. The van der Waals surface area contributed by atoms with Gasteiger partial charge >= 0.3 is 0 Å². The summed E-state index contributed by atoms with van der Waals surface area (Å²) < 4.78 is 18.7. The van der Waals surface area contributed by atoms with Crippen LogP contribution in [0.5, 0.6) is 11.6 Å². The number of nitriles is 1. The Bertz CT molecular complexity index is 1640. The van der Waals surface area contributed by atoms with Gasteiger partial charge in [0.2, 0.25) is 5.88 Å². The molecule has 220 valence electrons. The smallest absolute Gasteiger partial charge is 0.212 e. The van der Waals surface area contributed by atoms with Crippen molar-refractivity contribution in [1.82, 2.24) is 24.5 Å². The van der Waals surface area contributed by atoms with E-state index >= 15 is 0 Å². The first-order chi connectivity index (χ1) is 21.2. The average Bonchev–Trinajstić information content (AvgIpc) is 3.35. The van der Waals surface area contributed by atoms with Crippen LogP contribution in [-0.4, -0.2) is 69.5 Å². The predicted molar refractivity (Wildman–Crippen MR) is 160 cm³/mol. The normalized spacial score (nSPS) is 27.3. The maximum absolute atomic E-state index is 9.75. The van der Waals surface area contributed by atoms with E-state index in [1.807, 2.05) is 36.8 Å². The Hall–Kier alpha value is -4.20. The zero-order chi connectivity index (χ0) is 28.9. The Morgan fingerprint density at radius 1 is 1.05 bits per heavy atom. The molecule has 0 radical (unpaired) electrons. The zero-order valence-electron chi connectivity index (χ0n) is 24.2. The van der Waals surface area contributed by atoms with E-state index in [0.29, 0.717) is 36.2 Å². The average molecular weight is 578 g/mol. The summed E-state index contributed by atoms with van der Waals surface area (Å²) in [5, 5.41) is 17.9. The molecule has 0 aromatic carbocycles. The Morgan fingerprint density at radius 3 is 2.63 bits per heavy atom. The topological polar surface area (TPSA) is 110 Å². The summed E-state index contributed by atoms with van der Waals surface area (Å²) in [4.78, 5) is 11.7. The van der Waals surface area contributed by atoms with E-state index in [9.17, 15) is 5.26 Å². The van der Waals surface area contributed by atoms with Crippen molar-refractivity contribution in [2.24, 2.45) is 17.8 Å². The van der Waals surface area contributed by atoms with E-state index < -0.39 is 0 Å². The molecule has 43 heavy (non-hydrogen) atoms. The Labute approximate surface area is 250 Å². The lowest BCUT2D eigenvalue weighted by Gasteiger charge is -2.55. The zero-order valence-corrected chi connectivity index (χ0v) is 24.2. The van der Waals surface area contributed by atoms with Crippen molar-refractivity contribution in [2.75, 3.05) is 32.2 Å². The van der Waals surface area contributed by atoms with Crippen LogP contribution in [0.4, 0.5) is 5.82 Å². The highest BCUT2D eigenvalue weighted by Gasteiger charge is 2.53. The molecule has 3 aliphatic heterocycles. The predicted octanol–water partition coefficient (Wildman–Crippen LogP) is 4.55. The number of hydrogen-bond donors (Lipinski definition) is 1. The van der Waals surface area contributed by atoms with Gasteiger partial charge in [0.1, 0.15) is 17.6 Å². The van der Waals surface area contributed by atoms with Crippen LogP contribution in [0, 0.1) is 29.1 Å². The van der Waals surface area contributed by atoms with Crippen LogP contribution in [0.25, 0.3) is 16.6 Å². The number of piperidine rings is 1. The monoisotopic (exact) mass is 577 g/mol. The van der Waals surface area contributed by atoms with E-state index in [4.69, 9.17) is 19.2 Å². The summed E-state index contributed by atoms with van der Waals surface area (Å²) in [5.74, 6) is 4.44. The maximum atomic E-state index is 9.75. The molecule has 4 aromatic heterocycles. The molecule has 4 atom stereocenters.